The zero-order valence-corrected chi connectivity index (χ0v) is 23.0. The van der Waals surface area contributed by atoms with E-state index < -0.39 is 46.7 Å². The number of fused-ring (bicyclic) bond motifs is 1. The highest BCUT2D eigenvalue weighted by Crippen LogP contribution is 2.46. The molecule has 0 saturated heterocycles. The Bertz CT molecular complexity index is 1360. The molecule has 4 rings (SSSR count). The van der Waals surface area contributed by atoms with Crippen LogP contribution >= 0.6 is 11.8 Å². The van der Waals surface area contributed by atoms with Crippen molar-refractivity contribution in [2.75, 3.05) is 12.4 Å². The monoisotopic (exact) mass is 550 g/mol. The molecule has 1 unspecified atom stereocenters. The van der Waals surface area contributed by atoms with Crippen LogP contribution in [0.4, 0.5) is 4.79 Å². The summed E-state index contributed by atoms with van der Waals surface area (Å²) in [5.74, 6) is -2.62. The smallest absolute Gasteiger partial charge is 0.408 e. The molecule has 1 heterocycles. The van der Waals surface area contributed by atoms with E-state index in [4.69, 9.17) is 9.47 Å². The van der Waals surface area contributed by atoms with E-state index in [9.17, 15) is 24.0 Å². The van der Waals surface area contributed by atoms with Gasteiger partial charge in [-0.25, -0.2) is 9.59 Å². The Kier molecular flexibility index (Phi) is 7.96. The van der Waals surface area contributed by atoms with Crippen LogP contribution in [0.3, 0.4) is 0 Å². The first kappa shape index (κ1) is 28.1. The Hall–Kier alpha value is -3.92. The molecule has 2 atom stereocenters. The SMILES string of the molecule is CCOC(=O)C1(NC(=O)[C@H](Cc2ccccc2)NC(=O)OC(C)(C)C)CSC2=C1C(=O)c1ccccc1C2=O. The van der Waals surface area contributed by atoms with Crippen LogP contribution in [0.1, 0.15) is 54.0 Å². The number of rotatable bonds is 7. The lowest BCUT2D eigenvalue weighted by atomic mass is 9.79. The minimum absolute atomic E-state index is 0.00788. The number of Topliss-reactive ketones (excluding diaryl/α,β-unsaturated/α-hetero) is 2. The summed E-state index contributed by atoms with van der Waals surface area (Å²) >= 11 is 1.02. The van der Waals surface area contributed by atoms with E-state index in [1.165, 1.54) is 6.07 Å². The van der Waals surface area contributed by atoms with Gasteiger partial charge < -0.3 is 20.1 Å². The number of allylic oxidation sites excluding steroid dienone is 1. The van der Waals surface area contributed by atoms with Gasteiger partial charge in [-0.3, -0.25) is 14.4 Å². The van der Waals surface area contributed by atoms with Crippen LogP contribution in [0.5, 0.6) is 0 Å². The predicted octanol–water partition coefficient (Wildman–Crippen LogP) is 3.62. The third kappa shape index (κ3) is 5.75. The van der Waals surface area contributed by atoms with E-state index in [1.54, 1.807) is 70.2 Å². The molecular formula is C29H30N2O7S. The number of amides is 2. The quantitative estimate of drug-likeness (QED) is 0.501. The van der Waals surface area contributed by atoms with Gasteiger partial charge in [0.25, 0.3) is 0 Å². The molecule has 0 fully saturated rings. The third-order valence-electron chi connectivity index (χ3n) is 6.19. The number of nitrogens with one attached hydrogen (secondary N) is 2. The fraction of sp³-hybridized carbons (Fsp3) is 0.345. The number of hydrogen-bond acceptors (Lipinski definition) is 8. The normalized spacial score (nSPS) is 19.1. The molecule has 1 aliphatic carbocycles. The molecule has 2 aliphatic rings. The number of carbonyl (C=O) groups is 5. The average Bonchev–Trinajstić information content (AvgIpc) is 3.27. The summed E-state index contributed by atoms with van der Waals surface area (Å²) in [5, 5.41) is 5.30. The Morgan fingerprint density at radius 1 is 0.974 bits per heavy atom. The Morgan fingerprint density at radius 2 is 1.59 bits per heavy atom. The van der Waals surface area contributed by atoms with E-state index in [0.29, 0.717) is 0 Å². The lowest BCUT2D eigenvalue weighted by Gasteiger charge is -2.33. The van der Waals surface area contributed by atoms with Gasteiger partial charge in [-0.15, -0.1) is 11.8 Å². The first-order valence-electron chi connectivity index (χ1n) is 12.6. The van der Waals surface area contributed by atoms with E-state index >= 15 is 0 Å². The van der Waals surface area contributed by atoms with Crippen molar-refractivity contribution in [2.45, 2.75) is 51.3 Å². The summed E-state index contributed by atoms with van der Waals surface area (Å²) in [5.41, 5.74) is -1.70. The van der Waals surface area contributed by atoms with Gasteiger partial charge in [0.15, 0.2) is 11.3 Å². The zero-order valence-electron chi connectivity index (χ0n) is 22.2. The number of hydrogen-bond donors (Lipinski definition) is 2. The fourth-order valence-corrected chi connectivity index (χ4v) is 5.85. The van der Waals surface area contributed by atoms with Crippen LogP contribution in [0.15, 0.2) is 65.1 Å². The minimum Gasteiger partial charge on any atom is -0.464 e. The second-order valence-electron chi connectivity index (χ2n) is 10.2. The van der Waals surface area contributed by atoms with E-state index in [0.717, 1.165) is 17.3 Å². The Morgan fingerprint density at radius 3 is 2.21 bits per heavy atom. The molecular weight excluding hydrogens is 520 g/mol. The maximum Gasteiger partial charge on any atom is 0.408 e. The first-order valence-corrected chi connectivity index (χ1v) is 13.5. The number of ketones is 2. The van der Waals surface area contributed by atoms with Crippen LogP contribution < -0.4 is 10.6 Å². The first-order chi connectivity index (χ1) is 18.5. The van der Waals surface area contributed by atoms with Crippen molar-refractivity contribution in [2.24, 2.45) is 0 Å². The summed E-state index contributed by atoms with van der Waals surface area (Å²) in [7, 11) is 0. The highest BCUT2D eigenvalue weighted by molar-refractivity contribution is 8.04. The highest BCUT2D eigenvalue weighted by atomic mass is 32.2. The number of esters is 1. The van der Waals surface area contributed by atoms with E-state index in [-0.39, 0.29) is 40.4 Å². The highest BCUT2D eigenvalue weighted by Gasteiger charge is 2.56. The van der Waals surface area contributed by atoms with Crippen LogP contribution in [0, 0.1) is 0 Å². The maximum absolute atomic E-state index is 13.8. The largest absolute Gasteiger partial charge is 0.464 e. The van der Waals surface area contributed by atoms with Gasteiger partial charge in [0, 0.05) is 23.3 Å². The lowest BCUT2D eigenvalue weighted by molar-refractivity contribution is -0.150. The summed E-state index contributed by atoms with van der Waals surface area (Å²) < 4.78 is 10.7. The number of alkyl carbamates (subject to hydrolysis) is 1. The molecule has 0 saturated carbocycles. The number of thioether (sulfide) groups is 1. The van der Waals surface area contributed by atoms with Crippen molar-refractivity contribution >= 4 is 41.3 Å². The molecule has 39 heavy (non-hydrogen) atoms. The topological polar surface area (TPSA) is 128 Å². The van der Waals surface area contributed by atoms with Crippen molar-refractivity contribution in [1.29, 1.82) is 0 Å². The number of carbonyl (C=O) groups excluding carboxylic acids is 5. The van der Waals surface area contributed by atoms with Crippen molar-refractivity contribution in [3.8, 4) is 0 Å². The van der Waals surface area contributed by atoms with E-state index in [1.807, 2.05) is 6.07 Å². The van der Waals surface area contributed by atoms with Crippen LogP contribution in [-0.4, -0.2) is 59.1 Å². The lowest BCUT2D eigenvalue weighted by Crippen LogP contribution is -2.63. The summed E-state index contributed by atoms with van der Waals surface area (Å²) in [6, 6.07) is 14.2. The molecule has 2 aromatic carbocycles. The maximum atomic E-state index is 13.8. The van der Waals surface area contributed by atoms with Gasteiger partial charge in [-0.05, 0) is 33.3 Å². The van der Waals surface area contributed by atoms with Gasteiger partial charge in [-0.1, -0.05) is 54.6 Å². The summed E-state index contributed by atoms with van der Waals surface area (Å²) in [6.07, 6.45) is -0.734. The number of benzene rings is 2. The van der Waals surface area contributed by atoms with Crippen molar-refractivity contribution in [3.63, 3.8) is 0 Å². The van der Waals surface area contributed by atoms with Crippen molar-refractivity contribution < 1.29 is 33.4 Å². The fourth-order valence-electron chi connectivity index (χ4n) is 4.50. The second-order valence-corrected chi connectivity index (χ2v) is 11.2. The molecule has 9 nitrogen and oxygen atoms in total. The average molecular weight is 551 g/mol. The Labute approximate surface area is 230 Å². The molecule has 0 aromatic heterocycles. The van der Waals surface area contributed by atoms with Gasteiger partial charge in [0.2, 0.25) is 11.7 Å². The van der Waals surface area contributed by atoms with Gasteiger partial charge in [0.05, 0.1) is 17.1 Å². The number of ether oxygens (including phenoxy) is 2. The molecule has 204 valence electrons. The van der Waals surface area contributed by atoms with E-state index in [2.05, 4.69) is 10.6 Å². The molecule has 0 bridgehead atoms. The molecule has 1 aliphatic heterocycles. The third-order valence-corrected chi connectivity index (χ3v) is 7.44. The predicted molar refractivity (Wildman–Crippen MR) is 145 cm³/mol. The van der Waals surface area contributed by atoms with Crippen molar-refractivity contribution in [3.05, 3.63) is 81.8 Å². The van der Waals surface area contributed by atoms with Crippen LogP contribution in [0.2, 0.25) is 0 Å². The van der Waals surface area contributed by atoms with Crippen LogP contribution in [-0.2, 0) is 25.5 Å². The van der Waals surface area contributed by atoms with Gasteiger partial charge in [-0.2, -0.15) is 0 Å². The summed E-state index contributed by atoms with van der Waals surface area (Å²) in [4.78, 5) is 67.0. The zero-order chi connectivity index (χ0) is 28.4. The molecule has 2 aromatic rings. The van der Waals surface area contributed by atoms with Gasteiger partial charge >= 0.3 is 12.1 Å². The molecule has 0 spiro atoms. The minimum atomic E-state index is -1.92. The molecule has 2 N–H and O–H groups in total. The standard InChI is InChI=1S/C29H30N2O7S/c1-5-37-26(35)29(16-39-24-21(29)22(32)18-13-9-10-14-19(18)23(24)33)31-25(34)20(15-17-11-7-6-8-12-17)30-27(36)38-28(2,3)4/h6-14,20H,5,15-16H2,1-4H3,(H,30,36)(H,31,34)/t20-,29?/m0/s1. The van der Waals surface area contributed by atoms with Crippen molar-refractivity contribution in [1.82, 2.24) is 10.6 Å². The molecule has 0 radical (unpaired) electrons. The molecule has 2 amide bonds. The summed E-state index contributed by atoms with van der Waals surface area (Å²) in [6.45, 7) is 6.69. The molecule has 10 heteroatoms. The Balaban J connectivity index is 1.72. The van der Waals surface area contributed by atoms with Gasteiger partial charge in [0.1, 0.15) is 11.6 Å². The van der Waals surface area contributed by atoms with Crippen LogP contribution in [0.25, 0.3) is 0 Å². The second kappa shape index (κ2) is 11.1.